The van der Waals surface area contributed by atoms with Crippen molar-refractivity contribution in [2.75, 3.05) is 0 Å². The Morgan fingerprint density at radius 2 is 0.614 bits per heavy atom. The zero-order valence-electron chi connectivity index (χ0n) is 41.0. The summed E-state index contributed by atoms with van der Waals surface area (Å²) in [5, 5.41) is 6.71. The number of nitrogens with zero attached hydrogens (tertiary/aromatic N) is 3. The summed E-state index contributed by atoms with van der Waals surface area (Å²) in [5.41, 5.74) is 14.7. The molecule has 12 rings (SSSR count). The van der Waals surface area contributed by atoms with Crippen molar-refractivity contribution in [2.45, 2.75) is 78.6 Å². The van der Waals surface area contributed by atoms with Crippen LogP contribution in [-0.2, 0) is 36.4 Å². The third-order valence-corrected chi connectivity index (χ3v) is 12.7. The van der Waals surface area contributed by atoms with Gasteiger partial charge in [-0.05, 0) is 86.4 Å². The van der Waals surface area contributed by atoms with Crippen molar-refractivity contribution >= 4 is 65.8 Å². The number of pyridine rings is 3. The Bertz CT molecular complexity index is 3420. The molecule has 0 saturated carbocycles. The van der Waals surface area contributed by atoms with Gasteiger partial charge in [-0.15, -0.1) is 54.6 Å². The normalized spacial score (nSPS) is 12.0. The minimum atomic E-state index is 0. The minimum Gasteiger partial charge on any atom is -0.501 e. The average Bonchev–Trinajstić information content (AvgIpc) is 4.05. The quantitative estimate of drug-likeness (QED) is 0.164. The zero-order chi connectivity index (χ0) is 48.1. The van der Waals surface area contributed by atoms with Crippen molar-refractivity contribution < 1.29 is 33.4 Å². The summed E-state index contributed by atoms with van der Waals surface area (Å²) in [6, 6.07) is 58.9. The van der Waals surface area contributed by atoms with E-state index in [-0.39, 0.29) is 36.4 Å². The van der Waals surface area contributed by atoms with Crippen LogP contribution in [0.4, 0.5) is 0 Å². The molecular formula is C63H54IrN3O3. The van der Waals surface area contributed by atoms with Gasteiger partial charge in [-0.3, -0.25) is 0 Å². The fourth-order valence-corrected chi connectivity index (χ4v) is 8.74. The molecule has 7 heteroatoms. The maximum absolute atomic E-state index is 6.09. The van der Waals surface area contributed by atoms with Crippen LogP contribution in [0.2, 0.25) is 0 Å². The van der Waals surface area contributed by atoms with E-state index in [1.165, 1.54) is 16.7 Å². The average molecular weight is 1090 g/mol. The molecule has 0 fully saturated rings. The number of furan rings is 3. The van der Waals surface area contributed by atoms with Crippen LogP contribution in [0.25, 0.3) is 99.6 Å². The van der Waals surface area contributed by atoms with E-state index >= 15 is 0 Å². The molecular weight excluding hydrogens is 1040 g/mol. The number of para-hydroxylation sites is 3. The van der Waals surface area contributed by atoms with Gasteiger partial charge in [0, 0.05) is 34.7 Å². The maximum atomic E-state index is 6.09. The van der Waals surface area contributed by atoms with E-state index in [0.717, 1.165) is 99.6 Å². The van der Waals surface area contributed by atoms with Gasteiger partial charge in [0.25, 0.3) is 0 Å². The maximum Gasteiger partial charge on any atom is 3.00 e. The molecule has 0 spiro atoms. The molecule has 0 unspecified atom stereocenters. The van der Waals surface area contributed by atoms with E-state index in [9.17, 15) is 0 Å². The summed E-state index contributed by atoms with van der Waals surface area (Å²) in [7, 11) is 0. The monoisotopic (exact) mass is 1090 g/mol. The Labute approximate surface area is 423 Å². The SMILES string of the molecule is CC(C)(C)c1ccnc(-c2[c-]ccc3c2oc2ccccc23)c1.CC(C)(C)c1ccnc(-c2[c-]ccc3c2oc2ccccc23)c1.CC(C)(C)c1ccnc(-c2[c-]ccc3c2oc2ccccc23)c1.[Ir+3]. The van der Waals surface area contributed by atoms with Gasteiger partial charge in [0.1, 0.15) is 16.7 Å². The molecule has 6 heterocycles. The fraction of sp³-hybridized carbons (Fsp3) is 0.190. The summed E-state index contributed by atoms with van der Waals surface area (Å²) in [6.45, 7) is 19.9. The third kappa shape index (κ3) is 9.44. The molecule has 0 amide bonds. The van der Waals surface area contributed by atoms with Gasteiger partial charge in [0.15, 0.2) is 0 Å². The summed E-state index contributed by atoms with van der Waals surface area (Å²) >= 11 is 0. The molecule has 348 valence electrons. The number of rotatable bonds is 3. The van der Waals surface area contributed by atoms with E-state index < -0.39 is 0 Å². The van der Waals surface area contributed by atoms with Crippen LogP contribution in [-0.4, -0.2) is 15.0 Å². The number of aromatic nitrogens is 3. The molecule has 0 aliphatic heterocycles. The molecule has 0 N–H and O–H groups in total. The van der Waals surface area contributed by atoms with Crippen molar-refractivity contribution in [1.29, 1.82) is 0 Å². The van der Waals surface area contributed by atoms with Crippen molar-refractivity contribution in [3.63, 3.8) is 0 Å². The second-order valence-corrected chi connectivity index (χ2v) is 20.6. The van der Waals surface area contributed by atoms with Gasteiger partial charge in [0.05, 0.1) is 16.7 Å². The number of fused-ring (bicyclic) bond motifs is 9. The number of hydrogen-bond donors (Lipinski definition) is 0. The second-order valence-electron chi connectivity index (χ2n) is 20.6. The van der Waals surface area contributed by atoms with Gasteiger partial charge < -0.3 is 28.2 Å². The largest absolute Gasteiger partial charge is 3.00 e. The van der Waals surface area contributed by atoms with Crippen molar-refractivity contribution in [3.05, 3.63) is 199 Å². The number of benzene rings is 6. The molecule has 0 atom stereocenters. The van der Waals surface area contributed by atoms with Crippen LogP contribution in [0, 0.1) is 18.2 Å². The first kappa shape index (κ1) is 47.9. The van der Waals surface area contributed by atoms with Crippen LogP contribution < -0.4 is 0 Å². The van der Waals surface area contributed by atoms with Crippen molar-refractivity contribution in [3.8, 4) is 33.8 Å². The predicted molar refractivity (Wildman–Crippen MR) is 283 cm³/mol. The molecule has 6 aromatic heterocycles. The van der Waals surface area contributed by atoms with Gasteiger partial charge in [-0.25, -0.2) is 0 Å². The molecule has 70 heavy (non-hydrogen) atoms. The van der Waals surface area contributed by atoms with Crippen molar-refractivity contribution in [1.82, 2.24) is 15.0 Å². The Hall–Kier alpha value is -7.18. The van der Waals surface area contributed by atoms with Crippen molar-refractivity contribution in [2.24, 2.45) is 0 Å². The summed E-state index contributed by atoms with van der Waals surface area (Å²) in [4.78, 5) is 13.7. The summed E-state index contributed by atoms with van der Waals surface area (Å²) in [5.74, 6) is 0. The Kier molecular flexibility index (Phi) is 13.0. The summed E-state index contributed by atoms with van der Waals surface area (Å²) < 4.78 is 18.3. The topological polar surface area (TPSA) is 78.1 Å². The van der Waals surface area contributed by atoms with Gasteiger partial charge in [0.2, 0.25) is 0 Å². The molecule has 0 aliphatic carbocycles. The van der Waals surface area contributed by atoms with Crippen LogP contribution in [0.3, 0.4) is 0 Å². The zero-order valence-corrected chi connectivity index (χ0v) is 43.4. The number of hydrogen-bond acceptors (Lipinski definition) is 6. The molecule has 6 aromatic carbocycles. The van der Waals surface area contributed by atoms with Gasteiger partial charge >= 0.3 is 20.1 Å². The van der Waals surface area contributed by atoms with Gasteiger partial charge in [-0.1, -0.05) is 168 Å². The molecule has 0 aliphatic rings. The minimum absolute atomic E-state index is 0. The fourth-order valence-electron chi connectivity index (χ4n) is 8.74. The summed E-state index contributed by atoms with van der Waals surface area (Å²) in [6.07, 6.45) is 5.60. The molecule has 12 aromatic rings. The van der Waals surface area contributed by atoms with E-state index in [4.69, 9.17) is 13.3 Å². The second kappa shape index (κ2) is 19.0. The smallest absolute Gasteiger partial charge is 0.501 e. The first-order chi connectivity index (χ1) is 33.1. The predicted octanol–water partition coefficient (Wildman–Crippen LogP) is 17.2. The van der Waals surface area contributed by atoms with E-state index in [1.54, 1.807) is 0 Å². The van der Waals surface area contributed by atoms with Crippen LogP contribution >= 0.6 is 0 Å². The standard InChI is InChI=1S/3C21H18NO.Ir/c3*1-21(2,3)14-11-12-22-18(13-14)17-9-6-8-16-15-7-4-5-10-19(15)23-20(16)17;/h3*4-8,10-13H,1-3H3;/q3*-1;+3. The van der Waals surface area contributed by atoms with E-state index in [2.05, 4.69) is 168 Å². The van der Waals surface area contributed by atoms with Crippen LogP contribution in [0.1, 0.15) is 79.0 Å². The molecule has 6 nitrogen and oxygen atoms in total. The third-order valence-electron chi connectivity index (χ3n) is 12.7. The van der Waals surface area contributed by atoms with Crippen LogP contribution in [0.15, 0.2) is 177 Å². The first-order valence-electron chi connectivity index (χ1n) is 23.5. The Morgan fingerprint density at radius 3 is 0.886 bits per heavy atom. The first-order valence-corrected chi connectivity index (χ1v) is 23.5. The van der Waals surface area contributed by atoms with E-state index in [0.29, 0.717) is 0 Å². The van der Waals surface area contributed by atoms with Crippen LogP contribution in [0.5, 0.6) is 0 Å². The molecule has 0 radical (unpaired) electrons. The Balaban J connectivity index is 0.000000129. The molecule has 0 saturated heterocycles. The molecule has 0 bridgehead atoms. The van der Waals surface area contributed by atoms with E-state index in [1.807, 2.05) is 91.4 Å². The Morgan fingerprint density at radius 1 is 0.343 bits per heavy atom. The van der Waals surface area contributed by atoms with Gasteiger partial charge in [-0.2, -0.15) is 0 Å².